The molecule has 6 nitrogen and oxygen atoms in total. The van der Waals surface area contributed by atoms with Gasteiger partial charge in [0.2, 0.25) is 5.91 Å². The fraction of sp³-hybridized carbons (Fsp3) is 0.348. The van der Waals surface area contributed by atoms with Crippen molar-refractivity contribution < 1.29 is 14.3 Å². The molecular formula is C23H29N3O3. The first-order chi connectivity index (χ1) is 13.7. The third-order valence-corrected chi connectivity index (χ3v) is 4.21. The zero-order valence-corrected chi connectivity index (χ0v) is 17.7. The van der Waals surface area contributed by atoms with Gasteiger partial charge in [0.15, 0.2) is 6.61 Å². The van der Waals surface area contributed by atoms with Crippen LogP contribution in [0.3, 0.4) is 0 Å². The van der Waals surface area contributed by atoms with Crippen LogP contribution in [0.4, 0.5) is 5.69 Å². The van der Waals surface area contributed by atoms with Crippen LogP contribution in [0.2, 0.25) is 0 Å². The number of para-hydroxylation sites is 1. The summed E-state index contributed by atoms with van der Waals surface area (Å²) in [5.74, 6) is 0.383. The van der Waals surface area contributed by atoms with E-state index < -0.39 is 0 Å². The van der Waals surface area contributed by atoms with Crippen molar-refractivity contribution in [1.82, 2.24) is 5.43 Å². The molecule has 6 heteroatoms. The van der Waals surface area contributed by atoms with E-state index in [1.807, 2.05) is 56.3 Å². The number of aryl methyl sites for hydroxylation is 2. The second-order valence-electron chi connectivity index (χ2n) is 7.46. The molecule has 2 N–H and O–H groups in total. The number of ether oxygens (including phenoxy) is 1. The van der Waals surface area contributed by atoms with Gasteiger partial charge in [-0.05, 0) is 61.6 Å². The van der Waals surface area contributed by atoms with Crippen molar-refractivity contribution in [2.24, 2.45) is 5.10 Å². The summed E-state index contributed by atoms with van der Waals surface area (Å²) in [5.41, 5.74) is 6.94. The molecule has 0 aliphatic carbocycles. The number of hydrazone groups is 1. The summed E-state index contributed by atoms with van der Waals surface area (Å²) in [4.78, 5) is 24.2. The van der Waals surface area contributed by atoms with Gasteiger partial charge in [-0.15, -0.1) is 0 Å². The van der Waals surface area contributed by atoms with Crippen LogP contribution in [0.25, 0.3) is 0 Å². The van der Waals surface area contributed by atoms with E-state index >= 15 is 0 Å². The van der Waals surface area contributed by atoms with E-state index in [0.717, 1.165) is 22.4 Å². The number of benzene rings is 2. The highest BCUT2D eigenvalue weighted by Crippen LogP contribution is 2.23. The van der Waals surface area contributed by atoms with Crippen LogP contribution >= 0.6 is 0 Å². The Kier molecular flexibility index (Phi) is 7.95. The predicted octanol–water partition coefficient (Wildman–Crippen LogP) is 4.33. The van der Waals surface area contributed by atoms with Gasteiger partial charge in [-0.25, -0.2) is 5.43 Å². The summed E-state index contributed by atoms with van der Waals surface area (Å²) in [6.45, 7) is 9.64. The van der Waals surface area contributed by atoms with Gasteiger partial charge in [0.1, 0.15) is 5.75 Å². The minimum absolute atomic E-state index is 0.0879. The van der Waals surface area contributed by atoms with Crippen molar-refractivity contribution in [3.05, 3.63) is 59.2 Å². The van der Waals surface area contributed by atoms with E-state index in [1.54, 1.807) is 6.92 Å². The van der Waals surface area contributed by atoms with Gasteiger partial charge < -0.3 is 10.1 Å². The standard InChI is InChI=1S/C23H29N3O3/c1-15(2)20-8-6-7-9-21(20)24-22(27)13-18(5)25-26-23(28)14-29-19-11-16(3)10-17(4)12-19/h6-12,15H,13-14H2,1-5H3,(H,24,27)(H,26,28)/b25-18+. The average molecular weight is 396 g/mol. The van der Waals surface area contributed by atoms with Crippen LogP contribution in [-0.4, -0.2) is 24.1 Å². The van der Waals surface area contributed by atoms with Crippen LogP contribution in [0, 0.1) is 13.8 Å². The Hall–Kier alpha value is -3.15. The molecule has 0 saturated heterocycles. The van der Waals surface area contributed by atoms with Crippen LogP contribution < -0.4 is 15.5 Å². The second kappa shape index (κ2) is 10.4. The monoisotopic (exact) mass is 395 g/mol. The van der Waals surface area contributed by atoms with Gasteiger partial charge >= 0.3 is 0 Å². The average Bonchev–Trinajstić information content (AvgIpc) is 2.64. The third kappa shape index (κ3) is 7.41. The highest BCUT2D eigenvalue weighted by molar-refractivity contribution is 6.06. The first-order valence-electron chi connectivity index (χ1n) is 9.66. The first-order valence-corrected chi connectivity index (χ1v) is 9.66. The number of hydrogen-bond donors (Lipinski definition) is 2. The Morgan fingerprint density at radius 3 is 2.34 bits per heavy atom. The molecule has 0 atom stereocenters. The van der Waals surface area contributed by atoms with Crippen LogP contribution in [0.15, 0.2) is 47.6 Å². The maximum Gasteiger partial charge on any atom is 0.277 e. The number of anilines is 1. The molecule has 2 aromatic rings. The van der Waals surface area contributed by atoms with Crippen molar-refractivity contribution >= 4 is 23.2 Å². The fourth-order valence-corrected chi connectivity index (χ4v) is 2.94. The lowest BCUT2D eigenvalue weighted by Crippen LogP contribution is -2.26. The Balaban J connectivity index is 1.83. The number of nitrogens with zero attached hydrogens (tertiary/aromatic N) is 1. The van der Waals surface area contributed by atoms with E-state index in [1.165, 1.54) is 0 Å². The minimum Gasteiger partial charge on any atom is -0.484 e. The molecule has 0 spiro atoms. The number of amides is 2. The zero-order chi connectivity index (χ0) is 21.4. The fourth-order valence-electron chi connectivity index (χ4n) is 2.94. The highest BCUT2D eigenvalue weighted by atomic mass is 16.5. The molecule has 0 aromatic heterocycles. The van der Waals surface area contributed by atoms with Crippen molar-refractivity contribution in [2.45, 2.75) is 47.0 Å². The molecule has 0 aliphatic heterocycles. The van der Waals surface area contributed by atoms with Gasteiger partial charge in [0, 0.05) is 11.4 Å². The lowest BCUT2D eigenvalue weighted by Gasteiger charge is -2.13. The lowest BCUT2D eigenvalue weighted by molar-refractivity contribution is -0.123. The topological polar surface area (TPSA) is 79.8 Å². The smallest absolute Gasteiger partial charge is 0.277 e. The van der Waals surface area contributed by atoms with Gasteiger partial charge in [0.05, 0.1) is 6.42 Å². The molecule has 0 bridgehead atoms. The molecule has 0 aliphatic rings. The van der Waals surface area contributed by atoms with Crippen LogP contribution in [-0.2, 0) is 9.59 Å². The summed E-state index contributed by atoms with van der Waals surface area (Å²) in [6.07, 6.45) is 0.0879. The van der Waals surface area contributed by atoms with Crippen LogP contribution in [0.5, 0.6) is 5.75 Å². The van der Waals surface area contributed by atoms with Crippen molar-refractivity contribution in [1.29, 1.82) is 0 Å². The van der Waals surface area contributed by atoms with E-state index in [9.17, 15) is 9.59 Å². The summed E-state index contributed by atoms with van der Waals surface area (Å²) >= 11 is 0. The maximum atomic E-state index is 12.3. The second-order valence-corrected chi connectivity index (χ2v) is 7.46. The van der Waals surface area contributed by atoms with Gasteiger partial charge in [-0.1, -0.05) is 38.1 Å². The molecular weight excluding hydrogens is 366 g/mol. The number of nitrogens with one attached hydrogen (secondary N) is 2. The van der Waals surface area contributed by atoms with Crippen LogP contribution in [0.1, 0.15) is 49.8 Å². The summed E-state index contributed by atoms with van der Waals surface area (Å²) in [7, 11) is 0. The molecule has 0 unspecified atom stereocenters. The van der Waals surface area contributed by atoms with Crippen molar-refractivity contribution in [3.63, 3.8) is 0 Å². The number of rotatable bonds is 8. The molecule has 2 aromatic carbocycles. The Bertz CT molecular complexity index is 884. The SMILES string of the molecule is C/C(CC(=O)Nc1ccccc1C(C)C)=N\NC(=O)COc1cc(C)cc(C)c1. The summed E-state index contributed by atoms with van der Waals surface area (Å²) in [5, 5.41) is 6.90. The minimum atomic E-state index is -0.380. The van der Waals surface area contributed by atoms with Crippen molar-refractivity contribution in [2.75, 3.05) is 11.9 Å². The largest absolute Gasteiger partial charge is 0.484 e. The van der Waals surface area contributed by atoms with Crippen molar-refractivity contribution in [3.8, 4) is 5.75 Å². The molecule has 0 heterocycles. The van der Waals surface area contributed by atoms with E-state index in [2.05, 4.69) is 29.7 Å². The molecule has 0 radical (unpaired) electrons. The number of hydrogen-bond acceptors (Lipinski definition) is 4. The normalized spacial score (nSPS) is 11.3. The summed E-state index contributed by atoms with van der Waals surface area (Å²) in [6, 6.07) is 13.5. The number of carbonyl (C=O) groups is 2. The quantitative estimate of drug-likeness (QED) is 0.516. The zero-order valence-electron chi connectivity index (χ0n) is 17.7. The van der Waals surface area contributed by atoms with E-state index in [4.69, 9.17) is 4.74 Å². The maximum absolute atomic E-state index is 12.3. The van der Waals surface area contributed by atoms with Gasteiger partial charge in [-0.3, -0.25) is 9.59 Å². The molecule has 154 valence electrons. The van der Waals surface area contributed by atoms with E-state index in [-0.39, 0.29) is 24.8 Å². The number of carbonyl (C=O) groups excluding carboxylic acids is 2. The molecule has 29 heavy (non-hydrogen) atoms. The Labute approximate surface area is 172 Å². The molecule has 2 amide bonds. The predicted molar refractivity (Wildman–Crippen MR) is 116 cm³/mol. The highest BCUT2D eigenvalue weighted by Gasteiger charge is 2.10. The van der Waals surface area contributed by atoms with Gasteiger partial charge in [-0.2, -0.15) is 5.10 Å². The summed E-state index contributed by atoms with van der Waals surface area (Å²) < 4.78 is 5.50. The Morgan fingerprint density at radius 1 is 1.03 bits per heavy atom. The van der Waals surface area contributed by atoms with Gasteiger partial charge in [0.25, 0.3) is 5.91 Å². The lowest BCUT2D eigenvalue weighted by atomic mass is 10.0. The Morgan fingerprint density at radius 2 is 1.69 bits per heavy atom. The van der Waals surface area contributed by atoms with E-state index in [0.29, 0.717) is 17.4 Å². The molecule has 0 saturated carbocycles. The third-order valence-electron chi connectivity index (χ3n) is 4.21. The molecule has 0 fully saturated rings. The first kappa shape index (κ1) is 22.1. The molecule has 2 rings (SSSR count).